The molecule has 5 rings (SSSR count). The second-order valence-corrected chi connectivity index (χ2v) is 8.35. The van der Waals surface area contributed by atoms with Crippen LogP contribution in [0.2, 0.25) is 0 Å². The summed E-state index contributed by atoms with van der Waals surface area (Å²) >= 11 is 0. The van der Waals surface area contributed by atoms with Crippen molar-refractivity contribution in [3.05, 3.63) is 71.8 Å². The van der Waals surface area contributed by atoms with E-state index in [1.807, 2.05) is 36.4 Å². The topological polar surface area (TPSA) is 62.3 Å². The summed E-state index contributed by atoms with van der Waals surface area (Å²) in [4.78, 5) is 15.3. The van der Waals surface area contributed by atoms with E-state index in [-0.39, 0.29) is 18.7 Å². The van der Waals surface area contributed by atoms with Gasteiger partial charge in [-0.05, 0) is 17.5 Å². The van der Waals surface area contributed by atoms with Crippen LogP contribution in [0.25, 0.3) is 0 Å². The molecule has 29 heavy (non-hydrogen) atoms. The third-order valence-electron chi connectivity index (χ3n) is 6.63. The van der Waals surface area contributed by atoms with Gasteiger partial charge in [-0.15, -0.1) is 0 Å². The number of carbonyl (C=O) groups excluding carboxylic acids is 1. The molecule has 0 aromatic heterocycles. The molecule has 5 atom stereocenters. The molecule has 3 heterocycles. The highest BCUT2D eigenvalue weighted by Crippen LogP contribution is 2.49. The second kappa shape index (κ2) is 7.90. The van der Waals surface area contributed by atoms with Crippen LogP contribution in [0, 0.1) is 0 Å². The van der Waals surface area contributed by atoms with Crippen LogP contribution in [0.15, 0.2) is 60.7 Å². The number of carbonyl (C=O) groups is 1. The number of esters is 1. The number of piperidine rings is 1. The monoisotopic (exact) mass is 393 g/mol. The van der Waals surface area contributed by atoms with E-state index in [0.717, 1.165) is 31.4 Å². The molecule has 5 nitrogen and oxygen atoms in total. The first-order valence-corrected chi connectivity index (χ1v) is 10.6. The minimum Gasteiger partial charge on any atom is -0.462 e. The number of ether oxygens (including phenoxy) is 2. The molecule has 0 radical (unpaired) electrons. The molecule has 5 heteroatoms. The summed E-state index contributed by atoms with van der Waals surface area (Å²) < 4.78 is 11.7. The van der Waals surface area contributed by atoms with Crippen LogP contribution in [-0.4, -0.2) is 59.5 Å². The number of epoxide rings is 1. The number of aliphatic hydroxyl groups is 1. The van der Waals surface area contributed by atoms with Gasteiger partial charge in [-0.3, -0.25) is 9.69 Å². The van der Waals surface area contributed by atoms with Gasteiger partial charge >= 0.3 is 5.97 Å². The number of benzene rings is 2. The zero-order valence-corrected chi connectivity index (χ0v) is 16.4. The van der Waals surface area contributed by atoms with Gasteiger partial charge < -0.3 is 14.6 Å². The van der Waals surface area contributed by atoms with Crippen molar-refractivity contribution in [3.63, 3.8) is 0 Å². The molecule has 2 aromatic carbocycles. The number of nitrogens with zero attached hydrogens (tertiary/aromatic N) is 1. The van der Waals surface area contributed by atoms with Crippen molar-refractivity contribution in [3.8, 4) is 0 Å². The summed E-state index contributed by atoms with van der Waals surface area (Å²) in [7, 11) is 0. The molecule has 0 spiro atoms. The van der Waals surface area contributed by atoms with Crippen LogP contribution in [0.3, 0.4) is 0 Å². The average Bonchev–Trinajstić information content (AvgIpc) is 3.51. The first kappa shape index (κ1) is 18.8. The molecular weight excluding hydrogens is 366 g/mol. The highest BCUT2D eigenvalue weighted by atomic mass is 16.6. The van der Waals surface area contributed by atoms with Crippen LogP contribution >= 0.6 is 0 Å². The quantitative estimate of drug-likeness (QED) is 0.579. The van der Waals surface area contributed by atoms with Crippen LogP contribution in [-0.2, 0) is 20.7 Å². The fraction of sp³-hybridized carbons (Fsp3) is 0.458. The lowest BCUT2D eigenvalue weighted by Gasteiger charge is -2.40. The molecule has 2 aromatic rings. The van der Waals surface area contributed by atoms with E-state index >= 15 is 0 Å². The standard InChI is InChI=1S/C24H27NO4/c26-15-19(17-9-5-2-6-10-17)24(27)28-18-13-20-22-23(29-22)21(14-18)25(20)12-11-16-7-3-1-4-8-16/h1-10,18-23,26H,11-15H2. The van der Waals surface area contributed by atoms with Gasteiger partial charge in [0.15, 0.2) is 0 Å². The molecule has 2 bridgehead atoms. The Hall–Kier alpha value is -2.21. The van der Waals surface area contributed by atoms with Crippen molar-refractivity contribution in [2.24, 2.45) is 0 Å². The fourth-order valence-electron chi connectivity index (χ4n) is 5.13. The van der Waals surface area contributed by atoms with Gasteiger partial charge in [0.2, 0.25) is 0 Å². The fourth-order valence-corrected chi connectivity index (χ4v) is 5.13. The van der Waals surface area contributed by atoms with Crippen molar-refractivity contribution >= 4 is 5.97 Å². The van der Waals surface area contributed by atoms with Crippen LogP contribution in [0.4, 0.5) is 0 Å². The van der Waals surface area contributed by atoms with E-state index < -0.39 is 5.92 Å². The molecule has 0 aliphatic carbocycles. The first-order valence-electron chi connectivity index (χ1n) is 10.6. The Morgan fingerprint density at radius 1 is 1.03 bits per heavy atom. The summed E-state index contributed by atoms with van der Waals surface area (Å²) in [5.41, 5.74) is 2.15. The summed E-state index contributed by atoms with van der Waals surface area (Å²) in [6.45, 7) is 0.777. The van der Waals surface area contributed by atoms with E-state index in [4.69, 9.17) is 9.47 Å². The number of rotatable bonds is 7. The molecule has 3 fully saturated rings. The van der Waals surface area contributed by atoms with Gasteiger partial charge in [0, 0.05) is 31.5 Å². The van der Waals surface area contributed by atoms with Gasteiger partial charge in [-0.2, -0.15) is 0 Å². The first-order chi connectivity index (χ1) is 14.2. The van der Waals surface area contributed by atoms with Crippen molar-refractivity contribution in [2.45, 2.75) is 55.6 Å². The Labute approximate surface area is 171 Å². The van der Waals surface area contributed by atoms with E-state index in [9.17, 15) is 9.90 Å². The van der Waals surface area contributed by atoms with Crippen molar-refractivity contribution in [2.75, 3.05) is 13.2 Å². The highest BCUT2D eigenvalue weighted by Gasteiger charge is 2.63. The van der Waals surface area contributed by atoms with Crippen LogP contribution in [0.5, 0.6) is 0 Å². The van der Waals surface area contributed by atoms with Crippen LogP contribution < -0.4 is 0 Å². The van der Waals surface area contributed by atoms with Crippen LogP contribution in [0.1, 0.15) is 29.9 Å². The molecule has 5 unspecified atom stereocenters. The molecule has 0 amide bonds. The Morgan fingerprint density at radius 3 is 2.28 bits per heavy atom. The predicted octanol–water partition coefficient (Wildman–Crippen LogP) is 2.53. The Morgan fingerprint density at radius 2 is 1.66 bits per heavy atom. The average molecular weight is 393 g/mol. The SMILES string of the molecule is O=C(OC1CC2C3OC3C(C1)N2CCc1ccccc1)C(CO)c1ccccc1. The van der Waals surface area contributed by atoms with E-state index in [1.165, 1.54) is 5.56 Å². The maximum absolute atomic E-state index is 12.7. The maximum atomic E-state index is 12.7. The second-order valence-electron chi connectivity index (χ2n) is 8.35. The summed E-state index contributed by atoms with van der Waals surface area (Å²) in [5.74, 6) is -0.939. The number of fused-ring (bicyclic) bond motifs is 5. The lowest BCUT2D eigenvalue weighted by molar-refractivity contribution is -0.157. The number of hydrogen-bond acceptors (Lipinski definition) is 5. The van der Waals surface area contributed by atoms with Gasteiger partial charge in [0.1, 0.15) is 24.2 Å². The maximum Gasteiger partial charge on any atom is 0.316 e. The van der Waals surface area contributed by atoms with E-state index in [2.05, 4.69) is 29.2 Å². The summed E-state index contributed by atoms with van der Waals surface area (Å²) in [5, 5.41) is 9.74. The molecular formula is C24H27NO4. The van der Waals surface area contributed by atoms with E-state index in [0.29, 0.717) is 24.3 Å². The van der Waals surface area contributed by atoms with Gasteiger partial charge in [0.25, 0.3) is 0 Å². The Bertz CT molecular complexity index is 824. The lowest BCUT2D eigenvalue weighted by Crippen LogP contribution is -2.51. The molecule has 0 saturated carbocycles. The third-order valence-corrected chi connectivity index (χ3v) is 6.63. The van der Waals surface area contributed by atoms with Crippen molar-refractivity contribution in [1.29, 1.82) is 0 Å². The lowest BCUT2D eigenvalue weighted by atomic mass is 9.96. The number of morpholine rings is 1. The summed E-state index contributed by atoms with van der Waals surface area (Å²) in [6, 6.07) is 20.6. The highest BCUT2D eigenvalue weighted by molar-refractivity contribution is 5.78. The Kier molecular flexibility index (Phi) is 5.12. The number of hydrogen-bond donors (Lipinski definition) is 1. The number of aliphatic hydroxyl groups excluding tert-OH is 1. The predicted molar refractivity (Wildman–Crippen MR) is 108 cm³/mol. The normalized spacial score (nSPS) is 31.1. The van der Waals surface area contributed by atoms with Crippen molar-refractivity contribution in [1.82, 2.24) is 4.90 Å². The molecule has 152 valence electrons. The zero-order valence-electron chi connectivity index (χ0n) is 16.4. The molecule has 3 saturated heterocycles. The van der Waals surface area contributed by atoms with Gasteiger partial charge in [-0.1, -0.05) is 60.7 Å². The molecule has 3 aliphatic rings. The minimum atomic E-state index is -0.615. The van der Waals surface area contributed by atoms with Gasteiger partial charge in [-0.25, -0.2) is 0 Å². The molecule has 1 N–H and O–H groups in total. The smallest absolute Gasteiger partial charge is 0.316 e. The largest absolute Gasteiger partial charge is 0.462 e. The molecule has 3 aliphatic heterocycles. The van der Waals surface area contributed by atoms with E-state index in [1.54, 1.807) is 0 Å². The zero-order chi connectivity index (χ0) is 19.8. The van der Waals surface area contributed by atoms with Gasteiger partial charge in [0.05, 0.1) is 6.61 Å². The summed E-state index contributed by atoms with van der Waals surface area (Å²) in [6.07, 6.45) is 3.14. The minimum absolute atomic E-state index is 0.0976. The van der Waals surface area contributed by atoms with Crippen molar-refractivity contribution < 1.29 is 19.4 Å². The Balaban J connectivity index is 1.21. The third kappa shape index (κ3) is 3.70.